The van der Waals surface area contributed by atoms with Gasteiger partial charge in [0.15, 0.2) is 19.9 Å². The first-order chi connectivity index (χ1) is 45.2. The Morgan fingerprint density at radius 3 is 1.18 bits per heavy atom. The minimum absolute atomic E-state index is 0.0534. The monoisotopic (exact) mass is 1580 g/mol. The van der Waals surface area contributed by atoms with Gasteiger partial charge >= 0.3 is 5.97 Å². The average Bonchev–Trinajstić information content (AvgIpc) is 0.726. The van der Waals surface area contributed by atoms with Crippen molar-refractivity contribution >= 4 is 118 Å². The highest BCUT2D eigenvalue weighted by Crippen LogP contribution is 2.46. The molecule has 2 aliphatic heterocycles. The lowest BCUT2D eigenvalue weighted by molar-refractivity contribution is -0.111. The summed E-state index contributed by atoms with van der Waals surface area (Å²) < 4.78 is 142. The van der Waals surface area contributed by atoms with Crippen molar-refractivity contribution in [3.63, 3.8) is 0 Å². The van der Waals surface area contributed by atoms with E-state index in [0.29, 0.717) is 45.3 Å². The fourth-order valence-corrected chi connectivity index (χ4v) is 18.4. The lowest BCUT2D eigenvalue weighted by Gasteiger charge is -2.37. The summed E-state index contributed by atoms with van der Waals surface area (Å²) in [6.45, 7) is 18.2. The predicted molar refractivity (Wildman–Crippen MR) is 368 cm³/mol. The number of phenols is 2. The van der Waals surface area contributed by atoms with E-state index in [1.165, 1.54) is 48.6 Å². The summed E-state index contributed by atoms with van der Waals surface area (Å²) in [4.78, 5) is 45.3. The number of hydrogen-bond acceptors (Lipinski definition) is 9. The molecule has 26 heteroatoms. The number of hydrogen-bond donors (Lipinski definition) is 5. The number of aliphatic hydroxyl groups is 2. The highest BCUT2D eigenvalue weighted by atomic mass is 79.9. The Morgan fingerprint density at radius 2 is 0.845 bits per heavy atom. The Bertz CT molecular complexity index is 4460. The predicted octanol–water partition coefficient (Wildman–Crippen LogP) is 17.2. The number of benzene rings is 7. The molecule has 508 valence electrons. The molecule has 0 radical (unpaired) electrons. The number of aromatic carboxylic acids is 1. The van der Waals surface area contributed by atoms with Crippen LogP contribution >= 0.6 is 47.8 Å². The Kier molecular flexibility index (Phi) is 24.2. The molecule has 0 amide bonds. The van der Waals surface area contributed by atoms with E-state index in [2.05, 4.69) is 81.7 Å². The molecule has 0 bridgehead atoms. The first kappa shape index (κ1) is 76.7. The van der Waals surface area contributed by atoms with Crippen molar-refractivity contribution in [2.45, 2.75) is 84.9 Å². The maximum absolute atomic E-state index is 14.9. The molecular formula is C71H61Br3F10O10Si3. The first-order valence-corrected chi connectivity index (χ1v) is 40.5. The van der Waals surface area contributed by atoms with Crippen LogP contribution < -0.4 is 10.4 Å². The van der Waals surface area contributed by atoms with Gasteiger partial charge in [-0.05, 0) is 235 Å². The zero-order valence-electron chi connectivity index (χ0n) is 53.1. The minimum Gasteiger partial charge on any atom is -0.508 e. The van der Waals surface area contributed by atoms with E-state index in [4.69, 9.17) is 14.6 Å². The molecule has 0 saturated carbocycles. The molecule has 10 nitrogen and oxygen atoms in total. The van der Waals surface area contributed by atoms with Crippen molar-refractivity contribution < 1.29 is 93.0 Å². The number of aldehydes is 1. The van der Waals surface area contributed by atoms with Crippen LogP contribution in [0, 0.1) is 58.2 Å². The molecular weight excluding hydrogens is 1530 g/mol. The standard InChI is InChI=1S/C22H18F2O3Si.C22H16F2O3Si.C13H19BrF2OSi.C7H3BrF2O2.C7H5BrF2O/c2*1-28(2)19-9-13(26)3-5-15(19)21(16-6-4-14(27)10-20(16)28)22-17(23)7-12(11-25)8-18(22)24;1-13(2,3)18(4,5)17-8-9-6-10(15)12(14)11(16)7-9;8-6-4(9)1-3(7(11)12)2-5(6)10;8-7-5(9)1-4(3-11)2-6(7)10/h3-10,25-26H,11H2,1-2H3;3-11,26H,1-2H3;6-7H,8H2,1-5H3;1-2H,(H,11,12);1-2,11H,3H2. The zero-order chi connectivity index (χ0) is 72.3. The number of aliphatic hydroxyl groups excluding tert-OH is 2. The van der Waals surface area contributed by atoms with Crippen LogP contribution in [0.15, 0.2) is 168 Å². The van der Waals surface area contributed by atoms with Crippen LogP contribution in [-0.2, 0) is 33.8 Å². The van der Waals surface area contributed by atoms with Crippen molar-refractivity contribution in [2.75, 3.05) is 0 Å². The van der Waals surface area contributed by atoms with Crippen LogP contribution in [0.25, 0.3) is 11.1 Å². The number of ketones is 2. The van der Waals surface area contributed by atoms with Crippen molar-refractivity contribution in [3.05, 3.63) is 277 Å². The summed E-state index contributed by atoms with van der Waals surface area (Å²) in [7, 11) is -6.68. The average molecular weight is 1590 g/mol. The van der Waals surface area contributed by atoms with E-state index < -0.39 is 101 Å². The molecule has 2 aliphatic carbocycles. The number of phenolic OH excluding ortho intramolecular Hbond substituents is 2. The number of carboxylic acid groups (broad SMARTS) is 1. The molecule has 7 aromatic carbocycles. The SMILES string of the molecule is CC(C)(C)[Si](C)(C)OCc1cc(F)c(Br)c(F)c1.C[Si]1(C)C2=CC(=O)C=CC2=C(c2c(F)cc(C=O)cc2F)c2ccc(O)cc21.C[Si]1(C)C2=CC(=O)C=CC2=C(c2c(F)cc(CO)cc2F)c2ccc(O)cc21.O=C(O)c1cc(F)c(Br)c(F)c1.OCc1cc(F)c(Br)c(F)c1. The maximum Gasteiger partial charge on any atom is 0.335 e. The van der Waals surface area contributed by atoms with Crippen LogP contribution in [-0.4, -0.2) is 73.8 Å². The maximum atomic E-state index is 14.9. The van der Waals surface area contributed by atoms with E-state index >= 15 is 0 Å². The molecule has 0 fully saturated rings. The van der Waals surface area contributed by atoms with Gasteiger partial charge in [-0.3, -0.25) is 14.4 Å². The molecule has 97 heavy (non-hydrogen) atoms. The third kappa shape index (κ3) is 16.9. The Hall–Kier alpha value is -7.67. The van der Waals surface area contributed by atoms with Gasteiger partial charge in [-0.2, -0.15) is 0 Å². The number of carboxylic acids is 1. The number of carbonyl (C=O) groups excluding carboxylic acids is 3. The van der Waals surface area contributed by atoms with Gasteiger partial charge in [-0.1, -0.05) is 71.2 Å². The second-order valence-corrected chi connectivity index (χ2v) is 40.8. The van der Waals surface area contributed by atoms with Crippen molar-refractivity contribution in [3.8, 4) is 11.5 Å². The highest BCUT2D eigenvalue weighted by molar-refractivity contribution is 9.11. The lowest BCUT2D eigenvalue weighted by atomic mass is 9.88. The number of halogens is 13. The quantitative estimate of drug-likeness (QED) is 0.0404. The number of fused-ring (bicyclic) bond motifs is 4. The number of rotatable bonds is 9. The van der Waals surface area contributed by atoms with Crippen LogP contribution in [0.3, 0.4) is 0 Å². The van der Waals surface area contributed by atoms with Crippen LogP contribution in [0.2, 0.25) is 44.3 Å². The van der Waals surface area contributed by atoms with Gasteiger partial charge in [-0.15, -0.1) is 0 Å². The van der Waals surface area contributed by atoms with Gasteiger partial charge in [0.25, 0.3) is 0 Å². The molecule has 0 saturated heterocycles. The van der Waals surface area contributed by atoms with Crippen molar-refractivity contribution in [1.82, 2.24) is 0 Å². The van der Waals surface area contributed by atoms with Gasteiger partial charge in [-0.25, -0.2) is 48.7 Å². The van der Waals surface area contributed by atoms with E-state index in [-0.39, 0.29) is 82.6 Å². The van der Waals surface area contributed by atoms with E-state index in [0.717, 1.165) is 69.3 Å². The zero-order valence-corrected chi connectivity index (χ0v) is 60.8. The van der Waals surface area contributed by atoms with E-state index in [9.17, 15) is 78.4 Å². The smallest absolute Gasteiger partial charge is 0.335 e. The second-order valence-electron chi connectivity index (χ2n) is 25.0. The van der Waals surface area contributed by atoms with Gasteiger partial charge < -0.3 is 30.0 Å². The lowest BCUT2D eigenvalue weighted by Crippen LogP contribution is -2.49. The largest absolute Gasteiger partial charge is 0.508 e. The van der Waals surface area contributed by atoms with E-state index in [1.54, 1.807) is 36.4 Å². The van der Waals surface area contributed by atoms with Gasteiger partial charge in [0, 0.05) is 16.7 Å². The number of carbonyl (C=O) groups is 4. The molecule has 0 spiro atoms. The van der Waals surface area contributed by atoms with Crippen LogP contribution in [0.5, 0.6) is 11.5 Å². The van der Waals surface area contributed by atoms with Crippen molar-refractivity contribution in [2.24, 2.45) is 0 Å². The van der Waals surface area contributed by atoms with Gasteiger partial charge in [0.1, 0.15) is 92.1 Å². The Morgan fingerprint density at radius 1 is 0.515 bits per heavy atom. The molecule has 2 heterocycles. The molecule has 11 rings (SSSR count). The minimum atomic E-state index is -2.40. The summed E-state index contributed by atoms with van der Waals surface area (Å²) in [5.41, 5.74) is 3.13. The molecule has 0 aromatic heterocycles. The normalized spacial score (nSPS) is 14.7. The Labute approximate surface area is 579 Å². The number of aromatic hydroxyl groups is 2. The third-order valence-corrected chi connectivity index (χ3v) is 30.4. The van der Waals surface area contributed by atoms with Crippen molar-refractivity contribution in [1.29, 1.82) is 0 Å². The topological polar surface area (TPSA) is 179 Å². The second kappa shape index (κ2) is 30.6. The molecule has 0 atom stereocenters. The summed E-state index contributed by atoms with van der Waals surface area (Å²) in [6.07, 6.45) is 9.44. The summed E-state index contributed by atoms with van der Waals surface area (Å²) in [6, 6.07) is 20.0. The third-order valence-electron chi connectivity index (χ3n) is 16.7. The van der Waals surface area contributed by atoms with Crippen LogP contribution in [0.4, 0.5) is 43.9 Å². The van der Waals surface area contributed by atoms with Crippen LogP contribution in [0.1, 0.15) is 80.4 Å². The Balaban J connectivity index is 0.000000180. The molecule has 5 N–H and O–H groups in total. The fourth-order valence-electron chi connectivity index (χ4n) is 10.6. The highest BCUT2D eigenvalue weighted by Gasteiger charge is 2.43. The summed E-state index contributed by atoms with van der Waals surface area (Å²) in [5, 5.41) is 49.4. The molecule has 4 aliphatic rings. The van der Waals surface area contributed by atoms with E-state index in [1.807, 2.05) is 26.2 Å². The summed E-state index contributed by atoms with van der Waals surface area (Å²) in [5.74, 6) is -9.29. The first-order valence-electron chi connectivity index (χ1n) is 29.2. The van der Waals surface area contributed by atoms with Gasteiger partial charge in [0.05, 0.1) is 49.9 Å². The van der Waals surface area contributed by atoms with Gasteiger partial charge in [0.2, 0.25) is 0 Å². The fraction of sp³-hybridized carbons (Fsp3) is 0.183. The summed E-state index contributed by atoms with van der Waals surface area (Å²) >= 11 is 8.18. The number of allylic oxidation sites excluding steroid dienone is 10. The molecule has 7 aromatic rings. The molecule has 0 unspecified atom stereocenters.